The van der Waals surface area contributed by atoms with Crippen LogP contribution in [-0.4, -0.2) is 12.6 Å². The molecule has 1 aliphatic carbocycles. The molecule has 1 N–H and O–H groups in total. The first-order valence-electron chi connectivity index (χ1n) is 8.64. The molecule has 0 amide bonds. The van der Waals surface area contributed by atoms with Gasteiger partial charge in [0.25, 0.3) is 0 Å². The topological polar surface area (TPSA) is 12.0 Å². The maximum absolute atomic E-state index is 3.81. The van der Waals surface area contributed by atoms with Gasteiger partial charge in [0, 0.05) is 6.04 Å². The van der Waals surface area contributed by atoms with Gasteiger partial charge in [-0.3, -0.25) is 0 Å². The van der Waals surface area contributed by atoms with E-state index in [1.54, 1.807) is 0 Å². The van der Waals surface area contributed by atoms with Crippen molar-refractivity contribution in [2.45, 2.75) is 92.0 Å². The minimum Gasteiger partial charge on any atom is -0.314 e. The summed E-state index contributed by atoms with van der Waals surface area (Å²) in [6.45, 7) is 13.0. The van der Waals surface area contributed by atoms with Gasteiger partial charge in [-0.15, -0.1) is 0 Å². The molecule has 0 aromatic rings. The van der Waals surface area contributed by atoms with Crippen molar-refractivity contribution in [1.82, 2.24) is 5.32 Å². The van der Waals surface area contributed by atoms with E-state index in [0.29, 0.717) is 5.41 Å². The van der Waals surface area contributed by atoms with Crippen LogP contribution in [0.3, 0.4) is 0 Å². The fraction of sp³-hybridized carbons (Fsp3) is 1.00. The van der Waals surface area contributed by atoms with Crippen LogP contribution in [0.1, 0.15) is 86.0 Å². The molecule has 114 valence electrons. The lowest BCUT2D eigenvalue weighted by atomic mass is 9.81. The fourth-order valence-electron chi connectivity index (χ4n) is 3.87. The molecule has 0 saturated heterocycles. The predicted molar refractivity (Wildman–Crippen MR) is 86.5 cm³/mol. The zero-order valence-electron chi connectivity index (χ0n) is 14.1. The van der Waals surface area contributed by atoms with Crippen molar-refractivity contribution in [1.29, 1.82) is 0 Å². The first-order chi connectivity index (χ1) is 8.90. The fourth-order valence-corrected chi connectivity index (χ4v) is 3.87. The Morgan fingerprint density at radius 2 is 1.79 bits per heavy atom. The largest absolute Gasteiger partial charge is 0.314 e. The summed E-state index contributed by atoms with van der Waals surface area (Å²) in [4.78, 5) is 0. The summed E-state index contributed by atoms with van der Waals surface area (Å²) >= 11 is 0. The number of rotatable bonds is 8. The van der Waals surface area contributed by atoms with Gasteiger partial charge >= 0.3 is 0 Å². The molecule has 1 rings (SSSR count). The third kappa shape index (κ3) is 7.97. The molecule has 0 bridgehead atoms. The molecule has 1 nitrogen and oxygen atoms in total. The van der Waals surface area contributed by atoms with Crippen LogP contribution in [0.25, 0.3) is 0 Å². The molecule has 0 radical (unpaired) electrons. The van der Waals surface area contributed by atoms with Crippen molar-refractivity contribution < 1.29 is 0 Å². The predicted octanol–water partition coefficient (Wildman–Crippen LogP) is 5.40. The molecule has 1 aliphatic rings. The van der Waals surface area contributed by atoms with Gasteiger partial charge < -0.3 is 5.32 Å². The van der Waals surface area contributed by atoms with Crippen LogP contribution in [0.2, 0.25) is 0 Å². The van der Waals surface area contributed by atoms with E-state index in [2.05, 4.69) is 39.9 Å². The molecule has 1 saturated carbocycles. The normalized spacial score (nSPS) is 20.7. The minimum absolute atomic E-state index is 0.474. The van der Waals surface area contributed by atoms with Crippen LogP contribution in [-0.2, 0) is 0 Å². The lowest BCUT2D eigenvalue weighted by molar-refractivity contribution is 0.259. The molecule has 0 aromatic heterocycles. The van der Waals surface area contributed by atoms with E-state index in [1.807, 2.05) is 0 Å². The maximum Gasteiger partial charge on any atom is 0.00722 e. The van der Waals surface area contributed by atoms with Crippen molar-refractivity contribution in [3.63, 3.8) is 0 Å². The number of nitrogens with one attached hydrogen (secondary N) is 1. The SMILES string of the molecule is CCCNC(CC(C)CC(C)(C)C)CC1CCCC1. The average molecular weight is 268 g/mol. The van der Waals surface area contributed by atoms with Crippen LogP contribution in [0.5, 0.6) is 0 Å². The molecule has 1 heteroatoms. The first kappa shape index (κ1) is 17.0. The molecule has 0 heterocycles. The van der Waals surface area contributed by atoms with E-state index in [1.165, 1.54) is 57.9 Å². The number of hydrogen-bond acceptors (Lipinski definition) is 1. The minimum atomic E-state index is 0.474. The van der Waals surface area contributed by atoms with Crippen LogP contribution in [0.4, 0.5) is 0 Å². The van der Waals surface area contributed by atoms with E-state index in [4.69, 9.17) is 0 Å². The van der Waals surface area contributed by atoms with Crippen LogP contribution in [0.15, 0.2) is 0 Å². The Bertz CT molecular complexity index is 222. The molecule has 0 spiro atoms. The smallest absolute Gasteiger partial charge is 0.00722 e. The van der Waals surface area contributed by atoms with Gasteiger partial charge in [0.05, 0.1) is 0 Å². The molecule has 2 unspecified atom stereocenters. The molecule has 1 fully saturated rings. The lowest BCUT2D eigenvalue weighted by Gasteiger charge is -2.28. The van der Waals surface area contributed by atoms with Gasteiger partial charge in [-0.25, -0.2) is 0 Å². The van der Waals surface area contributed by atoms with E-state index < -0.39 is 0 Å². The Kier molecular flexibility index (Phi) is 7.42. The highest BCUT2D eigenvalue weighted by molar-refractivity contribution is 4.78. The molecular formula is C18H37N. The first-order valence-corrected chi connectivity index (χ1v) is 8.64. The maximum atomic E-state index is 3.81. The zero-order valence-corrected chi connectivity index (χ0v) is 14.1. The Morgan fingerprint density at radius 1 is 1.16 bits per heavy atom. The Morgan fingerprint density at radius 3 is 2.32 bits per heavy atom. The van der Waals surface area contributed by atoms with E-state index in [9.17, 15) is 0 Å². The van der Waals surface area contributed by atoms with Gasteiger partial charge in [0.1, 0.15) is 0 Å². The summed E-state index contributed by atoms with van der Waals surface area (Å²) in [5, 5.41) is 3.81. The van der Waals surface area contributed by atoms with Crippen molar-refractivity contribution in [3.05, 3.63) is 0 Å². The molecule has 2 atom stereocenters. The second-order valence-electron chi connectivity index (χ2n) is 8.14. The monoisotopic (exact) mass is 267 g/mol. The third-order valence-electron chi connectivity index (χ3n) is 4.42. The Labute approximate surface area is 121 Å². The summed E-state index contributed by atoms with van der Waals surface area (Å²) < 4.78 is 0. The summed E-state index contributed by atoms with van der Waals surface area (Å²) in [6, 6.07) is 0.764. The van der Waals surface area contributed by atoms with Gasteiger partial charge in [0.2, 0.25) is 0 Å². The van der Waals surface area contributed by atoms with Gasteiger partial charge in [-0.2, -0.15) is 0 Å². The summed E-state index contributed by atoms with van der Waals surface area (Å²) in [5.41, 5.74) is 0.474. The van der Waals surface area contributed by atoms with Crippen molar-refractivity contribution in [3.8, 4) is 0 Å². The Balaban J connectivity index is 2.38. The second-order valence-corrected chi connectivity index (χ2v) is 8.14. The second kappa shape index (κ2) is 8.29. The highest BCUT2D eigenvalue weighted by Gasteiger charge is 2.23. The van der Waals surface area contributed by atoms with E-state index in [0.717, 1.165) is 17.9 Å². The number of hydrogen-bond donors (Lipinski definition) is 1. The van der Waals surface area contributed by atoms with E-state index in [-0.39, 0.29) is 0 Å². The van der Waals surface area contributed by atoms with Gasteiger partial charge in [-0.05, 0) is 49.5 Å². The standard InChI is InChI=1S/C18H37N/c1-6-11-19-17(13-16-9-7-8-10-16)12-15(2)14-18(3,4)5/h15-17,19H,6-14H2,1-5H3. The highest BCUT2D eigenvalue weighted by Crippen LogP contribution is 2.32. The van der Waals surface area contributed by atoms with Crippen LogP contribution < -0.4 is 5.32 Å². The highest BCUT2D eigenvalue weighted by atomic mass is 14.9. The molecule has 0 aromatic carbocycles. The van der Waals surface area contributed by atoms with E-state index >= 15 is 0 Å². The van der Waals surface area contributed by atoms with Crippen LogP contribution >= 0.6 is 0 Å². The Hall–Kier alpha value is -0.0400. The van der Waals surface area contributed by atoms with Crippen molar-refractivity contribution >= 4 is 0 Å². The van der Waals surface area contributed by atoms with Crippen LogP contribution in [0, 0.1) is 17.3 Å². The quantitative estimate of drug-likeness (QED) is 0.621. The average Bonchev–Trinajstić information content (AvgIpc) is 2.75. The summed E-state index contributed by atoms with van der Waals surface area (Å²) in [6.07, 6.45) is 11.3. The zero-order chi connectivity index (χ0) is 14.3. The molecular weight excluding hydrogens is 230 g/mol. The van der Waals surface area contributed by atoms with Crippen molar-refractivity contribution in [2.24, 2.45) is 17.3 Å². The molecule has 19 heavy (non-hydrogen) atoms. The van der Waals surface area contributed by atoms with Gasteiger partial charge in [-0.1, -0.05) is 60.3 Å². The summed E-state index contributed by atoms with van der Waals surface area (Å²) in [7, 11) is 0. The third-order valence-corrected chi connectivity index (χ3v) is 4.42. The van der Waals surface area contributed by atoms with Crippen molar-refractivity contribution in [2.75, 3.05) is 6.54 Å². The summed E-state index contributed by atoms with van der Waals surface area (Å²) in [5.74, 6) is 1.85. The molecule has 0 aliphatic heterocycles. The van der Waals surface area contributed by atoms with Gasteiger partial charge in [0.15, 0.2) is 0 Å². The lowest BCUT2D eigenvalue weighted by Crippen LogP contribution is -2.33.